The van der Waals surface area contributed by atoms with Gasteiger partial charge >= 0.3 is 19.8 Å². The SMILES string of the molecule is CC/C=C\C/C=C\C/C=C\C/C=C\C/C=C\CCCCCC(=O)OC(COC(=O)CCCCCCCCC/C=C\CCCCCCCCC)COP(=O)(O)OC. The monoisotopic (exact) mass is 805 g/mol. The molecule has 0 saturated carbocycles. The van der Waals surface area contributed by atoms with Crippen molar-refractivity contribution in [2.24, 2.45) is 0 Å². The lowest BCUT2D eigenvalue weighted by molar-refractivity contribution is -0.161. The van der Waals surface area contributed by atoms with E-state index in [0.717, 1.165) is 90.6 Å². The van der Waals surface area contributed by atoms with Gasteiger partial charge in [0, 0.05) is 20.0 Å². The standard InChI is InChI=1S/C47H81O8P/c1-4-6-8-10-12-14-16-18-20-22-24-26-28-30-32-34-36-38-40-42-47(49)55-45(44-54-56(50,51)52-3)43-53-46(48)41-39-37-35-33-31-29-27-25-23-21-19-17-15-13-11-9-7-5-2/h6,8,12,14,18,20-21,23-24,26,30,32,45H,4-5,7,9-11,13,15-17,19,22,25,27-29,31,33-44H2,1-3H3,(H,50,51)/b8-6-,14-12-,20-18-,23-21-,26-24-,32-30-. The van der Waals surface area contributed by atoms with Crippen LogP contribution in [0.25, 0.3) is 0 Å². The van der Waals surface area contributed by atoms with E-state index in [2.05, 4.69) is 91.3 Å². The van der Waals surface area contributed by atoms with Gasteiger partial charge in [-0.3, -0.25) is 18.6 Å². The minimum absolute atomic E-state index is 0.202. The Morgan fingerprint density at radius 1 is 0.518 bits per heavy atom. The van der Waals surface area contributed by atoms with Crippen molar-refractivity contribution in [3.8, 4) is 0 Å². The Labute approximate surface area is 343 Å². The van der Waals surface area contributed by atoms with Crippen LogP contribution < -0.4 is 0 Å². The average molecular weight is 805 g/mol. The van der Waals surface area contributed by atoms with Gasteiger partial charge in [0.1, 0.15) is 6.61 Å². The molecule has 56 heavy (non-hydrogen) atoms. The Hall–Kier alpha value is -2.51. The predicted molar refractivity (Wildman–Crippen MR) is 234 cm³/mol. The maximum atomic E-state index is 12.5. The number of unbranched alkanes of at least 4 members (excludes halogenated alkanes) is 17. The Balaban J connectivity index is 4.07. The van der Waals surface area contributed by atoms with Gasteiger partial charge in [-0.15, -0.1) is 0 Å². The highest BCUT2D eigenvalue weighted by molar-refractivity contribution is 7.47. The fraction of sp³-hybridized carbons (Fsp3) is 0.702. The van der Waals surface area contributed by atoms with Crippen LogP contribution in [-0.4, -0.2) is 43.3 Å². The summed E-state index contributed by atoms with van der Waals surface area (Å²) >= 11 is 0. The minimum atomic E-state index is -4.28. The molecule has 0 rings (SSSR count). The summed E-state index contributed by atoms with van der Waals surface area (Å²) in [5, 5.41) is 0. The first kappa shape index (κ1) is 53.5. The van der Waals surface area contributed by atoms with Crippen LogP contribution in [0.3, 0.4) is 0 Å². The molecule has 0 aromatic carbocycles. The molecule has 0 aromatic heterocycles. The van der Waals surface area contributed by atoms with Crippen LogP contribution >= 0.6 is 7.82 Å². The molecule has 2 atom stereocenters. The number of esters is 2. The summed E-state index contributed by atoms with van der Waals surface area (Å²) < 4.78 is 32.0. The molecule has 0 bridgehead atoms. The molecule has 322 valence electrons. The van der Waals surface area contributed by atoms with E-state index in [1.54, 1.807) is 0 Å². The summed E-state index contributed by atoms with van der Waals surface area (Å²) in [5.74, 6) is -0.850. The summed E-state index contributed by atoms with van der Waals surface area (Å²) in [6, 6.07) is 0. The lowest BCUT2D eigenvalue weighted by Gasteiger charge is -2.19. The van der Waals surface area contributed by atoms with Crippen molar-refractivity contribution in [2.45, 2.75) is 193 Å². The number of phosphoric acid groups is 1. The van der Waals surface area contributed by atoms with E-state index in [-0.39, 0.29) is 25.4 Å². The van der Waals surface area contributed by atoms with Crippen molar-refractivity contribution in [3.05, 3.63) is 72.9 Å². The van der Waals surface area contributed by atoms with E-state index in [4.69, 9.17) is 14.0 Å². The molecule has 9 heteroatoms. The molecule has 0 amide bonds. The predicted octanol–water partition coefficient (Wildman–Crippen LogP) is 14.1. The van der Waals surface area contributed by atoms with Crippen LogP contribution in [0.5, 0.6) is 0 Å². The van der Waals surface area contributed by atoms with E-state index in [0.29, 0.717) is 6.42 Å². The van der Waals surface area contributed by atoms with Crippen molar-refractivity contribution in [3.63, 3.8) is 0 Å². The van der Waals surface area contributed by atoms with Gasteiger partial charge in [0.05, 0.1) is 6.61 Å². The minimum Gasteiger partial charge on any atom is -0.462 e. The maximum absolute atomic E-state index is 12.5. The van der Waals surface area contributed by atoms with Gasteiger partial charge in [-0.1, -0.05) is 164 Å². The Morgan fingerprint density at radius 3 is 1.39 bits per heavy atom. The zero-order valence-electron chi connectivity index (χ0n) is 35.8. The molecule has 0 aromatic rings. The zero-order chi connectivity index (χ0) is 41.1. The first-order chi connectivity index (χ1) is 27.3. The molecule has 0 aliphatic carbocycles. The first-order valence-electron chi connectivity index (χ1n) is 22.1. The largest absolute Gasteiger partial charge is 0.472 e. The van der Waals surface area contributed by atoms with Crippen LogP contribution in [0.4, 0.5) is 0 Å². The highest BCUT2D eigenvalue weighted by atomic mass is 31.2. The second-order valence-corrected chi connectivity index (χ2v) is 16.0. The van der Waals surface area contributed by atoms with Gasteiger partial charge in [0.15, 0.2) is 6.10 Å². The van der Waals surface area contributed by atoms with Crippen molar-refractivity contribution in [2.75, 3.05) is 20.3 Å². The summed E-state index contributed by atoms with van der Waals surface area (Å²) in [6.45, 7) is 3.74. The fourth-order valence-corrected chi connectivity index (χ4v) is 6.26. The van der Waals surface area contributed by atoms with Crippen LogP contribution in [0.15, 0.2) is 72.9 Å². The zero-order valence-corrected chi connectivity index (χ0v) is 36.7. The van der Waals surface area contributed by atoms with E-state index in [1.807, 2.05) is 0 Å². The summed E-state index contributed by atoms with van der Waals surface area (Å²) in [6.07, 6.45) is 53.8. The van der Waals surface area contributed by atoms with Crippen LogP contribution in [0, 0.1) is 0 Å². The molecule has 0 aliphatic heterocycles. The quantitative estimate of drug-likeness (QED) is 0.0282. The van der Waals surface area contributed by atoms with Crippen LogP contribution in [0.2, 0.25) is 0 Å². The van der Waals surface area contributed by atoms with E-state index in [9.17, 15) is 19.0 Å². The van der Waals surface area contributed by atoms with E-state index >= 15 is 0 Å². The number of allylic oxidation sites excluding steroid dienone is 12. The second kappa shape index (κ2) is 42.1. The van der Waals surface area contributed by atoms with Gasteiger partial charge in [0.25, 0.3) is 0 Å². The summed E-state index contributed by atoms with van der Waals surface area (Å²) in [7, 11) is -3.22. The smallest absolute Gasteiger partial charge is 0.462 e. The molecule has 2 unspecified atom stereocenters. The third-order valence-corrected chi connectivity index (χ3v) is 10.1. The Bertz CT molecular complexity index is 1140. The molecule has 0 radical (unpaired) electrons. The number of ether oxygens (including phenoxy) is 2. The molecule has 1 N–H and O–H groups in total. The maximum Gasteiger partial charge on any atom is 0.472 e. The van der Waals surface area contributed by atoms with E-state index in [1.165, 1.54) is 70.6 Å². The van der Waals surface area contributed by atoms with Crippen molar-refractivity contribution in [1.29, 1.82) is 0 Å². The third-order valence-electron chi connectivity index (χ3n) is 9.18. The topological polar surface area (TPSA) is 108 Å². The van der Waals surface area contributed by atoms with Gasteiger partial charge in [-0.2, -0.15) is 0 Å². The number of hydrogen-bond donors (Lipinski definition) is 1. The van der Waals surface area contributed by atoms with Crippen molar-refractivity contribution in [1.82, 2.24) is 0 Å². The molecular weight excluding hydrogens is 723 g/mol. The average Bonchev–Trinajstić information content (AvgIpc) is 3.19. The Kier molecular flexibility index (Phi) is 40.2. The Morgan fingerprint density at radius 2 is 0.911 bits per heavy atom. The number of phosphoric ester groups is 1. The van der Waals surface area contributed by atoms with Gasteiger partial charge in [-0.25, -0.2) is 4.57 Å². The number of carbonyl (C=O) groups excluding carboxylic acids is 2. The van der Waals surface area contributed by atoms with Crippen molar-refractivity contribution < 1.29 is 37.6 Å². The van der Waals surface area contributed by atoms with Crippen LogP contribution in [-0.2, 0) is 32.7 Å². The number of hydrogen-bond acceptors (Lipinski definition) is 7. The number of rotatable bonds is 40. The fourth-order valence-electron chi connectivity index (χ4n) is 5.80. The molecule has 0 spiro atoms. The lowest BCUT2D eigenvalue weighted by atomic mass is 10.1. The summed E-state index contributed by atoms with van der Waals surface area (Å²) in [4.78, 5) is 34.5. The van der Waals surface area contributed by atoms with Crippen LogP contribution in [0.1, 0.15) is 187 Å². The van der Waals surface area contributed by atoms with Gasteiger partial charge < -0.3 is 14.4 Å². The van der Waals surface area contributed by atoms with E-state index < -0.39 is 26.5 Å². The summed E-state index contributed by atoms with van der Waals surface area (Å²) in [5.41, 5.74) is 0. The lowest BCUT2D eigenvalue weighted by Crippen LogP contribution is -2.29. The molecule has 0 aliphatic rings. The third kappa shape index (κ3) is 41.1. The highest BCUT2D eigenvalue weighted by Gasteiger charge is 2.24. The first-order valence-corrected chi connectivity index (χ1v) is 23.6. The van der Waals surface area contributed by atoms with Crippen molar-refractivity contribution >= 4 is 19.8 Å². The molecular formula is C47H81O8P. The van der Waals surface area contributed by atoms with Gasteiger partial charge in [0.2, 0.25) is 0 Å². The highest BCUT2D eigenvalue weighted by Crippen LogP contribution is 2.42. The molecule has 0 saturated heterocycles. The number of carbonyl (C=O) groups is 2. The normalized spacial score (nSPS) is 14.0. The molecule has 8 nitrogen and oxygen atoms in total. The molecule has 0 heterocycles. The molecule has 0 fully saturated rings. The second-order valence-electron chi connectivity index (χ2n) is 14.4. The van der Waals surface area contributed by atoms with Gasteiger partial charge in [-0.05, 0) is 83.5 Å².